The van der Waals surface area contributed by atoms with E-state index in [1.54, 1.807) is 25.2 Å². The monoisotopic (exact) mass is 376 g/mol. The molecule has 0 aliphatic heterocycles. The summed E-state index contributed by atoms with van der Waals surface area (Å²) >= 11 is 8.77. The van der Waals surface area contributed by atoms with Crippen LogP contribution in [0.5, 0.6) is 0 Å². The molecule has 1 heterocycles. The van der Waals surface area contributed by atoms with Crippen LogP contribution < -0.4 is 0 Å². The molecule has 1 aromatic heterocycles. The minimum absolute atomic E-state index is 0.111. The van der Waals surface area contributed by atoms with Crippen LogP contribution in [0.1, 0.15) is 27.1 Å². The van der Waals surface area contributed by atoms with E-state index in [0.717, 1.165) is 9.35 Å². The largest absolute Gasteiger partial charge is 0.206 e. The van der Waals surface area contributed by atoms with Crippen LogP contribution in [-0.2, 0) is 0 Å². The van der Waals surface area contributed by atoms with Crippen molar-refractivity contribution in [2.45, 2.75) is 18.7 Å². The molecule has 0 nitrogen and oxygen atoms in total. The Morgan fingerprint density at radius 1 is 1.12 bits per heavy atom. The Balaban J connectivity index is 2.41. The third-order valence-electron chi connectivity index (χ3n) is 2.63. The minimum Gasteiger partial charge on any atom is -0.206 e. The maximum atomic E-state index is 13.6. The molecule has 0 saturated carbocycles. The molecule has 0 aliphatic rings. The third kappa shape index (κ3) is 2.80. The molecule has 0 aliphatic carbocycles. The molecule has 0 spiro atoms. The lowest BCUT2D eigenvalue weighted by atomic mass is 10.0. The number of rotatable bonds is 2. The van der Waals surface area contributed by atoms with Crippen molar-refractivity contribution in [1.29, 1.82) is 0 Å². The zero-order valence-electron chi connectivity index (χ0n) is 9.43. The van der Waals surface area contributed by atoms with Gasteiger partial charge in [-0.25, -0.2) is 4.39 Å². The zero-order valence-corrected chi connectivity index (χ0v) is 13.4. The van der Waals surface area contributed by atoms with Crippen molar-refractivity contribution in [3.8, 4) is 0 Å². The Morgan fingerprint density at radius 3 is 2.18 bits per heavy atom. The van der Waals surface area contributed by atoms with E-state index in [-0.39, 0.29) is 10.6 Å². The zero-order chi connectivity index (χ0) is 12.6. The van der Waals surface area contributed by atoms with Crippen LogP contribution in [0, 0.1) is 19.7 Å². The number of halogens is 3. The molecular formula is C13H11Br2FS. The van der Waals surface area contributed by atoms with Gasteiger partial charge in [-0.1, -0.05) is 28.1 Å². The van der Waals surface area contributed by atoms with Crippen LogP contribution in [0.25, 0.3) is 0 Å². The van der Waals surface area contributed by atoms with E-state index < -0.39 is 0 Å². The van der Waals surface area contributed by atoms with Gasteiger partial charge in [-0.05, 0) is 63.5 Å². The van der Waals surface area contributed by atoms with E-state index in [9.17, 15) is 4.39 Å². The Kier molecular flexibility index (Phi) is 4.06. The molecule has 4 heteroatoms. The van der Waals surface area contributed by atoms with Gasteiger partial charge in [0.05, 0.1) is 8.61 Å². The van der Waals surface area contributed by atoms with Gasteiger partial charge in [0, 0.05) is 0 Å². The summed E-state index contributed by atoms with van der Waals surface area (Å²) in [5.74, 6) is -0.111. The van der Waals surface area contributed by atoms with Crippen molar-refractivity contribution < 1.29 is 4.39 Å². The van der Waals surface area contributed by atoms with Crippen LogP contribution >= 0.6 is 43.2 Å². The highest BCUT2D eigenvalue weighted by molar-refractivity contribution is 9.11. The number of hydrogen-bond acceptors (Lipinski definition) is 1. The molecule has 2 rings (SSSR count). The lowest BCUT2D eigenvalue weighted by Crippen LogP contribution is -1.96. The molecule has 1 aromatic carbocycles. The summed E-state index contributed by atoms with van der Waals surface area (Å²) in [6.07, 6.45) is 0. The summed E-state index contributed by atoms with van der Waals surface area (Å²) < 4.78 is 14.7. The van der Waals surface area contributed by atoms with Crippen LogP contribution in [0.2, 0.25) is 0 Å². The smallest absolute Gasteiger partial charge is 0.129 e. The maximum absolute atomic E-state index is 13.6. The van der Waals surface area contributed by atoms with Gasteiger partial charge >= 0.3 is 0 Å². The summed E-state index contributed by atoms with van der Waals surface area (Å²) in [4.78, 5) is 0.114. The molecule has 0 N–H and O–H groups in total. The highest BCUT2D eigenvalue weighted by Gasteiger charge is 2.14. The summed E-state index contributed by atoms with van der Waals surface area (Å²) in [5.41, 5.74) is 3.66. The van der Waals surface area contributed by atoms with E-state index in [2.05, 4.69) is 43.3 Å². The van der Waals surface area contributed by atoms with E-state index in [1.165, 1.54) is 5.56 Å². The molecule has 90 valence electrons. The highest BCUT2D eigenvalue weighted by Crippen LogP contribution is 2.36. The third-order valence-corrected chi connectivity index (χ3v) is 5.21. The van der Waals surface area contributed by atoms with Crippen molar-refractivity contribution in [3.63, 3.8) is 0 Å². The second-order valence-electron chi connectivity index (χ2n) is 4.02. The molecule has 1 unspecified atom stereocenters. The predicted molar refractivity (Wildman–Crippen MR) is 78.7 cm³/mol. The van der Waals surface area contributed by atoms with Crippen LogP contribution in [-0.4, -0.2) is 0 Å². The molecule has 0 fully saturated rings. The fourth-order valence-electron chi connectivity index (χ4n) is 1.77. The highest BCUT2D eigenvalue weighted by atomic mass is 79.9. The average Bonchev–Trinajstić information content (AvgIpc) is 2.71. The Labute approximate surface area is 121 Å². The van der Waals surface area contributed by atoms with E-state index in [1.807, 2.05) is 12.1 Å². The van der Waals surface area contributed by atoms with Gasteiger partial charge in [0.15, 0.2) is 0 Å². The topological polar surface area (TPSA) is 0 Å². The first-order valence-electron chi connectivity index (χ1n) is 5.13. The summed E-state index contributed by atoms with van der Waals surface area (Å²) in [6.45, 7) is 3.60. The molecule has 0 amide bonds. The van der Waals surface area contributed by atoms with Gasteiger partial charge in [-0.3, -0.25) is 0 Å². The standard InChI is InChI=1S/C13H11Br2FS/c1-7-3-9(4-8(2)13(7)16)12(15)10-5-11(14)17-6-10/h3-6,12H,1-2H3. The molecule has 0 radical (unpaired) electrons. The van der Waals surface area contributed by atoms with Gasteiger partial charge < -0.3 is 0 Å². The molecule has 0 saturated heterocycles. The van der Waals surface area contributed by atoms with Gasteiger partial charge in [-0.2, -0.15) is 0 Å². The fraction of sp³-hybridized carbons (Fsp3) is 0.231. The first-order chi connectivity index (χ1) is 7.99. The van der Waals surface area contributed by atoms with Crippen LogP contribution in [0.4, 0.5) is 4.39 Å². The fourth-order valence-corrected chi connectivity index (χ4v) is 3.68. The van der Waals surface area contributed by atoms with E-state index >= 15 is 0 Å². The minimum atomic E-state index is -0.111. The van der Waals surface area contributed by atoms with E-state index in [0.29, 0.717) is 11.1 Å². The van der Waals surface area contributed by atoms with Gasteiger partial charge in [0.1, 0.15) is 5.82 Å². The number of hydrogen-bond donors (Lipinski definition) is 0. The van der Waals surface area contributed by atoms with Crippen LogP contribution in [0.15, 0.2) is 27.4 Å². The van der Waals surface area contributed by atoms with Gasteiger partial charge in [0.2, 0.25) is 0 Å². The number of aryl methyl sites for hydroxylation is 2. The first kappa shape index (κ1) is 13.2. The van der Waals surface area contributed by atoms with Gasteiger partial charge in [-0.15, -0.1) is 11.3 Å². The van der Waals surface area contributed by atoms with Crippen molar-refractivity contribution in [2.75, 3.05) is 0 Å². The second kappa shape index (κ2) is 5.21. The van der Waals surface area contributed by atoms with Crippen molar-refractivity contribution in [3.05, 3.63) is 55.4 Å². The normalized spacial score (nSPS) is 12.8. The van der Waals surface area contributed by atoms with Crippen LogP contribution in [0.3, 0.4) is 0 Å². The molecule has 1 atom stereocenters. The molecule has 0 bridgehead atoms. The average molecular weight is 378 g/mol. The SMILES string of the molecule is Cc1cc(C(Br)c2csc(Br)c2)cc(C)c1F. The molecular weight excluding hydrogens is 367 g/mol. The van der Waals surface area contributed by atoms with Crippen molar-refractivity contribution in [1.82, 2.24) is 0 Å². The second-order valence-corrected chi connectivity index (χ2v) is 7.22. The number of thiophene rings is 1. The number of benzene rings is 1. The van der Waals surface area contributed by atoms with E-state index in [4.69, 9.17) is 0 Å². The Hall–Kier alpha value is -0.190. The van der Waals surface area contributed by atoms with Crippen molar-refractivity contribution in [2.24, 2.45) is 0 Å². The summed E-state index contributed by atoms with van der Waals surface area (Å²) in [7, 11) is 0. The quantitative estimate of drug-likeness (QED) is 0.584. The number of alkyl halides is 1. The van der Waals surface area contributed by atoms with Gasteiger partial charge in [0.25, 0.3) is 0 Å². The maximum Gasteiger partial charge on any atom is 0.129 e. The Morgan fingerprint density at radius 2 is 1.71 bits per heavy atom. The van der Waals surface area contributed by atoms with Crippen molar-refractivity contribution >= 4 is 43.2 Å². The lowest BCUT2D eigenvalue weighted by Gasteiger charge is -2.11. The molecule has 17 heavy (non-hydrogen) atoms. The lowest BCUT2D eigenvalue weighted by molar-refractivity contribution is 0.608. The summed E-state index contributed by atoms with van der Waals surface area (Å²) in [5, 5.41) is 2.09. The molecule has 2 aromatic rings. The summed E-state index contributed by atoms with van der Waals surface area (Å²) in [6, 6.07) is 5.87. The first-order valence-corrected chi connectivity index (χ1v) is 7.72. The predicted octanol–water partition coefficient (Wildman–Crippen LogP) is 5.75. The Bertz CT molecular complexity index is 525.